The number of aromatic amines is 1. The molecule has 9 nitrogen and oxygen atoms in total. The molecule has 3 rings (SSSR count). The Bertz CT molecular complexity index is 1030. The number of carbonyl (C=O) groups excluding carboxylic acids is 2. The second kappa shape index (κ2) is 9.47. The Morgan fingerprint density at radius 1 is 1.10 bits per heavy atom. The van der Waals surface area contributed by atoms with E-state index < -0.39 is 23.6 Å². The average Bonchev–Trinajstić information content (AvgIpc) is 3.18. The van der Waals surface area contributed by atoms with Crippen LogP contribution in [-0.2, 0) is 9.59 Å². The molecule has 2 aromatic carbocycles. The van der Waals surface area contributed by atoms with Gasteiger partial charge in [0, 0.05) is 17.9 Å². The van der Waals surface area contributed by atoms with Gasteiger partial charge in [0.1, 0.15) is 0 Å². The molecule has 1 heterocycles. The van der Waals surface area contributed by atoms with E-state index in [4.69, 9.17) is 5.11 Å². The van der Waals surface area contributed by atoms with Crippen molar-refractivity contribution in [3.05, 3.63) is 70.7 Å². The molecule has 0 radical (unpaired) electrons. The fraction of sp³-hybridized carbons (Fsp3) is 0.200. The number of hydrogen-bond donors (Lipinski definition) is 4. The zero-order valence-corrected chi connectivity index (χ0v) is 15.4. The maximum Gasteiger partial charge on any atom is 0.439 e. The molecule has 150 valence electrons. The molecule has 1 unspecified atom stereocenters. The minimum absolute atomic E-state index is 0.0116. The zero-order chi connectivity index (χ0) is 20.6. The van der Waals surface area contributed by atoms with Crippen molar-refractivity contribution in [3.8, 4) is 11.4 Å². The van der Waals surface area contributed by atoms with Crippen molar-refractivity contribution in [2.75, 3.05) is 11.9 Å². The fourth-order valence-corrected chi connectivity index (χ4v) is 2.81. The van der Waals surface area contributed by atoms with Crippen LogP contribution in [0, 0.1) is 0 Å². The molecule has 2 amide bonds. The largest absolute Gasteiger partial charge is 0.439 e. The number of hydrogen-bond acceptors (Lipinski definition) is 6. The Labute approximate surface area is 165 Å². The summed E-state index contributed by atoms with van der Waals surface area (Å²) < 4.78 is 4.47. The molecule has 1 atom stereocenters. The Balaban J connectivity index is 1.68. The molecular formula is C20H20N4O5. The minimum Gasteiger partial charge on any atom is -0.396 e. The lowest BCUT2D eigenvalue weighted by atomic mass is 10.0. The highest BCUT2D eigenvalue weighted by Gasteiger charge is 2.20. The number of benzene rings is 2. The van der Waals surface area contributed by atoms with Gasteiger partial charge in [0.05, 0.1) is 6.04 Å². The summed E-state index contributed by atoms with van der Waals surface area (Å²) in [6.07, 6.45) is 0.980. The maximum absolute atomic E-state index is 12.4. The molecule has 0 bridgehead atoms. The van der Waals surface area contributed by atoms with E-state index in [-0.39, 0.29) is 12.4 Å². The second-order valence-electron chi connectivity index (χ2n) is 6.28. The van der Waals surface area contributed by atoms with E-state index in [2.05, 4.69) is 25.3 Å². The molecule has 0 fully saturated rings. The summed E-state index contributed by atoms with van der Waals surface area (Å²) in [6.45, 7) is -0.0116. The summed E-state index contributed by atoms with van der Waals surface area (Å²) in [6, 6.07) is 15.3. The Hall–Kier alpha value is -3.72. The highest BCUT2D eigenvalue weighted by Crippen LogP contribution is 2.20. The molecule has 4 N–H and O–H groups in total. The predicted octanol–water partition coefficient (Wildman–Crippen LogP) is 1.60. The van der Waals surface area contributed by atoms with Crippen LogP contribution in [0.1, 0.15) is 24.4 Å². The number of aliphatic hydroxyl groups is 1. The summed E-state index contributed by atoms with van der Waals surface area (Å²) >= 11 is 0. The van der Waals surface area contributed by atoms with Gasteiger partial charge < -0.3 is 15.7 Å². The van der Waals surface area contributed by atoms with Crippen LogP contribution < -0.4 is 16.4 Å². The van der Waals surface area contributed by atoms with E-state index >= 15 is 0 Å². The van der Waals surface area contributed by atoms with Crippen LogP contribution in [0.25, 0.3) is 11.4 Å². The predicted molar refractivity (Wildman–Crippen MR) is 105 cm³/mol. The molecule has 0 spiro atoms. The molecule has 3 aromatic rings. The number of aliphatic hydroxyl groups excluding tert-OH is 1. The second-order valence-corrected chi connectivity index (χ2v) is 6.28. The first-order valence-electron chi connectivity index (χ1n) is 9.01. The molecule has 0 aliphatic heterocycles. The summed E-state index contributed by atoms with van der Waals surface area (Å²) in [4.78, 5) is 38.2. The van der Waals surface area contributed by atoms with Gasteiger partial charge in [0.15, 0.2) is 5.82 Å². The first-order valence-corrected chi connectivity index (χ1v) is 9.01. The van der Waals surface area contributed by atoms with Gasteiger partial charge in [-0.25, -0.2) is 4.79 Å². The Morgan fingerprint density at radius 3 is 2.59 bits per heavy atom. The summed E-state index contributed by atoms with van der Waals surface area (Å²) in [5.41, 5.74) is 1.72. The average molecular weight is 396 g/mol. The molecule has 0 saturated carbocycles. The van der Waals surface area contributed by atoms with Crippen LogP contribution in [0.15, 0.2) is 63.9 Å². The maximum atomic E-state index is 12.4. The van der Waals surface area contributed by atoms with E-state index in [0.29, 0.717) is 24.1 Å². The first kappa shape index (κ1) is 20.0. The van der Waals surface area contributed by atoms with Crippen molar-refractivity contribution < 1.29 is 19.2 Å². The van der Waals surface area contributed by atoms with E-state index in [1.54, 1.807) is 24.3 Å². The molecular weight excluding hydrogens is 376 g/mol. The highest BCUT2D eigenvalue weighted by atomic mass is 16.5. The van der Waals surface area contributed by atoms with Crippen molar-refractivity contribution in [1.29, 1.82) is 0 Å². The highest BCUT2D eigenvalue weighted by molar-refractivity contribution is 6.39. The van der Waals surface area contributed by atoms with Crippen LogP contribution >= 0.6 is 0 Å². The van der Waals surface area contributed by atoms with Crippen LogP contribution in [0.3, 0.4) is 0 Å². The van der Waals surface area contributed by atoms with Gasteiger partial charge in [0.25, 0.3) is 0 Å². The number of amides is 2. The third-order valence-electron chi connectivity index (χ3n) is 4.20. The lowest BCUT2D eigenvalue weighted by Gasteiger charge is -2.18. The number of nitrogens with zero attached hydrogens (tertiary/aromatic N) is 1. The van der Waals surface area contributed by atoms with Crippen molar-refractivity contribution in [2.24, 2.45) is 0 Å². The number of rotatable bonds is 7. The van der Waals surface area contributed by atoms with Crippen LogP contribution in [-0.4, -0.2) is 33.7 Å². The SMILES string of the molecule is O=C(Nc1cccc(-c2noc(=O)[nH]2)c1)C(=O)NC(CCCO)c1ccccc1. The number of anilines is 1. The van der Waals surface area contributed by atoms with E-state index in [1.165, 1.54) is 0 Å². The van der Waals surface area contributed by atoms with Gasteiger partial charge in [-0.1, -0.05) is 47.6 Å². The van der Waals surface area contributed by atoms with Gasteiger partial charge >= 0.3 is 17.6 Å². The zero-order valence-electron chi connectivity index (χ0n) is 15.4. The number of nitrogens with one attached hydrogen (secondary N) is 3. The Kier molecular flexibility index (Phi) is 6.54. The van der Waals surface area contributed by atoms with Crippen molar-refractivity contribution in [2.45, 2.75) is 18.9 Å². The van der Waals surface area contributed by atoms with Crippen molar-refractivity contribution in [3.63, 3.8) is 0 Å². The third kappa shape index (κ3) is 5.39. The molecule has 9 heteroatoms. The van der Waals surface area contributed by atoms with E-state index in [0.717, 1.165) is 5.56 Å². The molecule has 1 aromatic heterocycles. The number of aromatic nitrogens is 2. The van der Waals surface area contributed by atoms with Gasteiger partial charge in [-0.3, -0.25) is 19.1 Å². The van der Waals surface area contributed by atoms with E-state index in [1.807, 2.05) is 30.3 Å². The lowest BCUT2D eigenvalue weighted by Crippen LogP contribution is -2.38. The number of carbonyl (C=O) groups is 2. The number of H-pyrrole nitrogens is 1. The third-order valence-corrected chi connectivity index (χ3v) is 4.20. The molecule has 0 saturated heterocycles. The quantitative estimate of drug-likeness (QED) is 0.448. The van der Waals surface area contributed by atoms with Crippen molar-refractivity contribution in [1.82, 2.24) is 15.5 Å². The van der Waals surface area contributed by atoms with E-state index in [9.17, 15) is 14.4 Å². The smallest absolute Gasteiger partial charge is 0.396 e. The van der Waals surface area contributed by atoms with Gasteiger partial charge in [-0.2, -0.15) is 0 Å². The summed E-state index contributed by atoms with van der Waals surface area (Å²) in [5, 5.41) is 17.9. The van der Waals surface area contributed by atoms with Gasteiger partial charge in [-0.05, 0) is 30.5 Å². The minimum atomic E-state index is -0.833. The topological polar surface area (TPSA) is 137 Å². The van der Waals surface area contributed by atoms with Gasteiger partial charge in [0.2, 0.25) is 0 Å². The first-order chi connectivity index (χ1) is 14.1. The fourth-order valence-electron chi connectivity index (χ4n) is 2.81. The normalized spacial score (nSPS) is 11.6. The lowest BCUT2D eigenvalue weighted by molar-refractivity contribution is -0.136. The monoisotopic (exact) mass is 396 g/mol. The molecule has 0 aliphatic carbocycles. The summed E-state index contributed by atoms with van der Waals surface area (Å²) in [7, 11) is 0. The van der Waals surface area contributed by atoms with Crippen LogP contribution in [0.2, 0.25) is 0 Å². The Morgan fingerprint density at radius 2 is 1.90 bits per heavy atom. The van der Waals surface area contributed by atoms with Crippen molar-refractivity contribution >= 4 is 17.5 Å². The molecule has 29 heavy (non-hydrogen) atoms. The van der Waals surface area contributed by atoms with Gasteiger partial charge in [-0.15, -0.1) is 0 Å². The summed E-state index contributed by atoms with van der Waals surface area (Å²) in [5.74, 6) is -2.11. The van der Waals surface area contributed by atoms with Crippen LogP contribution in [0.4, 0.5) is 5.69 Å². The van der Waals surface area contributed by atoms with Crippen LogP contribution in [0.5, 0.6) is 0 Å². The standard InChI is InChI=1S/C20H20N4O5/c25-11-5-10-16(13-6-2-1-3-7-13)22-19(27)18(26)21-15-9-4-8-14(12-15)17-23-20(28)29-24-17/h1-4,6-9,12,16,25H,5,10-11H2,(H,21,26)(H,22,27)(H,23,24,28). The molecule has 0 aliphatic rings.